The Morgan fingerprint density at radius 3 is 2.16 bits per heavy atom. The highest BCUT2D eigenvalue weighted by molar-refractivity contribution is 5.88. The van der Waals surface area contributed by atoms with Gasteiger partial charge in [0.2, 0.25) is 23.8 Å². The molecule has 5 rings (SSSR count). The van der Waals surface area contributed by atoms with Crippen molar-refractivity contribution in [2.45, 2.75) is 61.4 Å². The molecule has 2 fully saturated rings. The maximum atomic E-state index is 13.6. The lowest BCUT2D eigenvalue weighted by Crippen LogP contribution is -2.60. The predicted molar refractivity (Wildman–Crippen MR) is 142 cm³/mol. The molecule has 2 aromatic carbocycles. The monoisotopic (exact) mass is 626 g/mol. The highest BCUT2D eigenvalue weighted by Crippen LogP contribution is 2.40. The van der Waals surface area contributed by atoms with Gasteiger partial charge in [-0.25, -0.2) is 0 Å². The summed E-state index contributed by atoms with van der Waals surface area (Å²) in [6.45, 7) is -1.59. The van der Waals surface area contributed by atoms with Gasteiger partial charge in [0.25, 0.3) is 0 Å². The largest absolute Gasteiger partial charge is 0.508 e. The number of aliphatic hydroxyl groups is 8. The van der Waals surface area contributed by atoms with Crippen molar-refractivity contribution in [2.75, 3.05) is 13.2 Å². The Bertz CT molecular complexity index is 1560. The summed E-state index contributed by atoms with van der Waals surface area (Å²) in [7, 11) is 0. The number of aliphatic hydroxyl groups excluding tert-OH is 8. The molecule has 0 radical (unpaired) electrons. The number of hydrogen-bond acceptors (Lipinski definition) is 17. The van der Waals surface area contributed by atoms with Gasteiger partial charge in [-0.1, -0.05) is 0 Å². The van der Waals surface area contributed by atoms with E-state index >= 15 is 0 Å². The first-order valence-electron chi connectivity index (χ1n) is 13.2. The Morgan fingerprint density at radius 1 is 0.795 bits per heavy atom. The number of phenolic OH excluding ortho intramolecular Hbond substituents is 3. The van der Waals surface area contributed by atoms with Crippen LogP contribution in [0.5, 0.6) is 28.7 Å². The first kappa shape index (κ1) is 31.7. The van der Waals surface area contributed by atoms with E-state index in [1.165, 1.54) is 6.07 Å². The fraction of sp³-hybridized carbons (Fsp3) is 0.444. The van der Waals surface area contributed by atoms with E-state index in [0.717, 1.165) is 24.3 Å². The first-order chi connectivity index (χ1) is 20.9. The number of fused-ring (bicyclic) bond motifs is 1. The van der Waals surface area contributed by atoms with Crippen LogP contribution in [-0.4, -0.2) is 131 Å². The first-order valence-corrected chi connectivity index (χ1v) is 13.2. The number of aromatic hydroxyl groups is 3. The third kappa shape index (κ3) is 5.61. The second kappa shape index (κ2) is 12.3. The third-order valence-electron chi connectivity index (χ3n) is 7.29. The Labute approximate surface area is 246 Å². The summed E-state index contributed by atoms with van der Waals surface area (Å²) < 4.78 is 27.6. The normalized spacial score (nSPS) is 31.2. The Kier molecular flexibility index (Phi) is 8.87. The predicted octanol–water partition coefficient (Wildman–Crippen LogP) is -3.07. The molecule has 2 aliphatic heterocycles. The van der Waals surface area contributed by atoms with Gasteiger partial charge in [0.1, 0.15) is 71.3 Å². The van der Waals surface area contributed by atoms with E-state index in [1.54, 1.807) is 0 Å². The molecule has 1 aromatic heterocycles. The average molecular weight is 627 g/mol. The topological polar surface area (TPSA) is 290 Å². The fourth-order valence-corrected chi connectivity index (χ4v) is 4.91. The summed E-state index contributed by atoms with van der Waals surface area (Å²) in [6, 6.07) is 5.23. The van der Waals surface area contributed by atoms with Crippen molar-refractivity contribution in [3.63, 3.8) is 0 Å². The summed E-state index contributed by atoms with van der Waals surface area (Å²) in [5, 5.41) is 110. The van der Waals surface area contributed by atoms with Crippen LogP contribution in [0.2, 0.25) is 0 Å². The van der Waals surface area contributed by atoms with Crippen molar-refractivity contribution in [3.05, 3.63) is 40.6 Å². The summed E-state index contributed by atoms with van der Waals surface area (Å²) in [5.74, 6) is -3.29. The van der Waals surface area contributed by atoms with Crippen molar-refractivity contribution < 1.29 is 79.5 Å². The quantitative estimate of drug-likeness (QED) is 0.118. The average Bonchev–Trinajstić information content (AvgIpc) is 3.27. The molecule has 17 nitrogen and oxygen atoms in total. The lowest BCUT2D eigenvalue weighted by Gasteiger charge is -2.39. The van der Waals surface area contributed by atoms with E-state index in [-0.39, 0.29) is 11.1 Å². The minimum absolute atomic E-state index is 0.0841. The SMILES string of the molecule is O=c1c(O[C@@H]2O[C@H]([C@H](O)CO)[C@H](O)[C@H]2O)c(-c2ccc(O)c(O[C@@H]3O[C@H](CO)[C@@H](O)[C@H](O)[C@H]3O)c2)oc2cc(O)cc(O)c12. The summed E-state index contributed by atoms with van der Waals surface area (Å²) in [6.07, 6.45) is -16.9. The molecular formula is C27H30O17. The number of phenols is 3. The smallest absolute Gasteiger partial charge is 0.239 e. The summed E-state index contributed by atoms with van der Waals surface area (Å²) >= 11 is 0. The molecule has 0 spiro atoms. The van der Waals surface area contributed by atoms with Gasteiger partial charge in [-0.3, -0.25) is 4.79 Å². The number of rotatable bonds is 8. The van der Waals surface area contributed by atoms with Crippen LogP contribution >= 0.6 is 0 Å². The van der Waals surface area contributed by atoms with E-state index in [9.17, 15) is 61.0 Å². The van der Waals surface area contributed by atoms with Gasteiger partial charge < -0.3 is 79.5 Å². The van der Waals surface area contributed by atoms with Crippen LogP contribution in [0, 0.1) is 0 Å². The van der Waals surface area contributed by atoms with E-state index < -0.39 is 120 Å². The minimum Gasteiger partial charge on any atom is -0.508 e. The van der Waals surface area contributed by atoms with E-state index in [2.05, 4.69) is 0 Å². The standard InChI is InChI=1S/C27H30O17/c28-6-12(33)24-20(37)22(39)27(43-24)44-25-18(35)16-11(32)4-9(30)5-14(16)40-23(25)8-1-2-10(31)13(3-8)41-26-21(38)19(36)17(34)15(7-29)42-26/h1-5,12,15,17,19-22,24,26-34,36-39H,6-7H2/t12-,15-,17-,19+,20-,21-,22-,24-,26-,27+/m1/s1. The summed E-state index contributed by atoms with van der Waals surface area (Å²) in [4.78, 5) is 13.6. The zero-order valence-electron chi connectivity index (χ0n) is 22.4. The third-order valence-corrected chi connectivity index (χ3v) is 7.29. The number of ether oxygens (including phenoxy) is 4. The van der Waals surface area contributed by atoms with E-state index in [0.29, 0.717) is 0 Å². The van der Waals surface area contributed by atoms with Gasteiger partial charge in [0.05, 0.1) is 13.2 Å². The molecule has 2 saturated heterocycles. The second-order valence-electron chi connectivity index (χ2n) is 10.2. The summed E-state index contributed by atoms with van der Waals surface area (Å²) in [5.41, 5.74) is -1.46. The molecule has 0 saturated carbocycles. The Balaban J connectivity index is 1.58. The van der Waals surface area contributed by atoms with Crippen LogP contribution in [0.1, 0.15) is 0 Å². The molecule has 17 heteroatoms. The van der Waals surface area contributed by atoms with Crippen molar-refractivity contribution >= 4 is 11.0 Å². The molecule has 0 unspecified atom stereocenters. The number of benzene rings is 2. The van der Waals surface area contributed by atoms with Crippen LogP contribution in [0.25, 0.3) is 22.3 Å². The van der Waals surface area contributed by atoms with Crippen molar-refractivity contribution in [3.8, 4) is 40.1 Å². The lowest BCUT2D eigenvalue weighted by atomic mass is 9.99. The molecule has 11 N–H and O–H groups in total. The highest BCUT2D eigenvalue weighted by Gasteiger charge is 2.48. The van der Waals surface area contributed by atoms with E-state index in [4.69, 9.17) is 23.4 Å². The van der Waals surface area contributed by atoms with Gasteiger partial charge in [0.15, 0.2) is 17.3 Å². The molecule has 0 bridgehead atoms. The van der Waals surface area contributed by atoms with Gasteiger partial charge in [-0.15, -0.1) is 0 Å². The minimum atomic E-state index is -1.84. The molecule has 240 valence electrons. The van der Waals surface area contributed by atoms with Gasteiger partial charge >= 0.3 is 0 Å². The fourth-order valence-electron chi connectivity index (χ4n) is 4.91. The second-order valence-corrected chi connectivity index (χ2v) is 10.2. The molecule has 44 heavy (non-hydrogen) atoms. The van der Waals surface area contributed by atoms with Gasteiger partial charge in [-0.05, 0) is 18.2 Å². The van der Waals surface area contributed by atoms with Crippen LogP contribution < -0.4 is 14.9 Å². The van der Waals surface area contributed by atoms with Crippen molar-refractivity contribution in [2.24, 2.45) is 0 Å². The van der Waals surface area contributed by atoms with E-state index in [1.807, 2.05) is 0 Å². The molecule has 3 aromatic rings. The maximum absolute atomic E-state index is 13.6. The van der Waals surface area contributed by atoms with Gasteiger partial charge in [0, 0.05) is 17.7 Å². The van der Waals surface area contributed by atoms with Gasteiger partial charge in [-0.2, -0.15) is 0 Å². The highest BCUT2D eigenvalue weighted by atomic mass is 16.7. The maximum Gasteiger partial charge on any atom is 0.239 e. The van der Waals surface area contributed by atoms with Crippen LogP contribution in [0.3, 0.4) is 0 Å². The van der Waals surface area contributed by atoms with Crippen LogP contribution in [-0.2, 0) is 9.47 Å². The Hall–Kier alpha value is -3.75. The van der Waals surface area contributed by atoms with Crippen LogP contribution in [0.4, 0.5) is 0 Å². The molecule has 2 aliphatic rings. The molecule has 0 amide bonds. The van der Waals surface area contributed by atoms with Crippen LogP contribution in [0.15, 0.2) is 39.5 Å². The van der Waals surface area contributed by atoms with Crippen molar-refractivity contribution in [1.82, 2.24) is 0 Å². The lowest BCUT2D eigenvalue weighted by molar-refractivity contribution is -0.277. The zero-order valence-corrected chi connectivity index (χ0v) is 22.4. The number of hydrogen-bond donors (Lipinski definition) is 11. The molecule has 10 atom stereocenters. The molecule has 0 aliphatic carbocycles. The Morgan fingerprint density at radius 2 is 1.48 bits per heavy atom. The molecule has 3 heterocycles. The molecular weight excluding hydrogens is 596 g/mol. The van der Waals surface area contributed by atoms with Crippen molar-refractivity contribution in [1.29, 1.82) is 0 Å². The zero-order chi connectivity index (χ0) is 32.0.